The van der Waals surface area contributed by atoms with Gasteiger partial charge in [-0.3, -0.25) is 0 Å². The topological polar surface area (TPSA) is 27.7 Å². The fourth-order valence-electron chi connectivity index (χ4n) is 0.794. The SMILES string of the molecule is [CH2+]B1OB(C)OB(C)O1. The molecule has 0 atom stereocenters. The third-order valence-electron chi connectivity index (χ3n) is 1.07. The molecule has 3 nitrogen and oxygen atoms in total. The maximum Gasteiger partial charge on any atom is 0.688 e. The maximum absolute atomic E-state index is 5.07. The lowest BCUT2D eigenvalue weighted by Gasteiger charge is -2.20. The van der Waals surface area contributed by atoms with Gasteiger partial charge in [0, 0.05) is 0 Å². The van der Waals surface area contributed by atoms with Crippen molar-refractivity contribution in [3.8, 4) is 0 Å². The summed E-state index contributed by atoms with van der Waals surface area (Å²) < 4.78 is 15.1. The van der Waals surface area contributed by atoms with Gasteiger partial charge in [0.15, 0.2) is 0 Å². The first-order valence-corrected chi connectivity index (χ1v) is 2.98. The highest BCUT2D eigenvalue weighted by Crippen LogP contribution is 2.05. The van der Waals surface area contributed by atoms with Gasteiger partial charge in [0.2, 0.25) is 0 Å². The van der Waals surface area contributed by atoms with Gasteiger partial charge in [0.05, 0.1) is 6.82 Å². The van der Waals surface area contributed by atoms with Crippen molar-refractivity contribution in [3.05, 3.63) is 6.82 Å². The molecule has 0 amide bonds. The predicted octanol–water partition coefficient (Wildman–Crippen LogP) is 0.147. The van der Waals surface area contributed by atoms with Crippen LogP contribution in [0.3, 0.4) is 0 Å². The molecule has 1 fully saturated rings. The molecular formula is C3H8B3O3+. The van der Waals surface area contributed by atoms with Crippen molar-refractivity contribution in [1.82, 2.24) is 0 Å². The minimum Gasteiger partial charge on any atom is -0.453 e. The van der Waals surface area contributed by atoms with Gasteiger partial charge in [-0.2, -0.15) is 0 Å². The van der Waals surface area contributed by atoms with Crippen molar-refractivity contribution in [2.24, 2.45) is 0 Å². The first-order chi connectivity index (χ1) is 4.18. The molecule has 0 spiro atoms. The Labute approximate surface area is 56.5 Å². The average molecular weight is 125 g/mol. The summed E-state index contributed by atoms with van der Waals surface area (Å²) >= 11 is 0. The monoisotopic (exact) mass is 125 g/mol. The van der Waals surface area contributed by atoms with Crippen LogP contribution in [-0.4, -0.2) is 21.4 Å². The highest BCUT2D eigenvalue weighted by Gasteiger charge is 2.39. The van der Waals surface area contributed by atoms with Gasteiger partial charge in [0.1, 0.15) is 0 Å². The maximum atomic E-state index is 5.07. The normalized spacial score (nSPS) is 20.9. The average Bonchev–Trinajstić information content (AvgIpc) is 1.59. The zero-order valence-corrected chi connectivity index (χ0v) is 5.66. The highest BCUT2D eigenvalue weighted by molar-refractivity contribution is 6.73. The molecule has 1 aliphatic heterocycles. The summed E-state index contributed by atoms with van der Waals surface area (Å²) in [5.74, 6) is 0. The van der Waals surface area contributed by atoms with Crippen molar-refractivity contribution < 1.29 is 13.7 Å². The van der Waals surface area contributed by atoms with E-state index < -0.39 is 0 Å². The smallest absolute Gasteiger partial charge is 0.453 e. The number of rotatable bonds is 0. The van der Waals surface area contributed by atoms with E-state index in [1.165, 1.54) is 0 Å². The van der Waals surface area contributed by atoms with Crippen molar-refractivity contribution in [2.45, 2.75) is 13.6 Å². The molecule has 0 aromatic rings. The Bertz CT molecular complexity index is 75.3. The fraction of sp³-hybridized carbons (Fsp3) is 0.667. The lowest BCUT2D eigenvalue weighted by Crippen LogP contribution is -2.44. The van der Waals surface area contributed by atoms with Crippen LogP contribution in [-0.2, 0) is 13.7 Å². The molecule has 0 saturated carbocycles. The third-order valence-corrected chi connectivity index (χ3v) is 1.07. The Morgan fingerprint density at radius 1 is 1.00 bits per heavy atom. The van der Waals surface area contributed by atoms with E-state index in [2.05, 4.69) is 6.82 Å². The highest BCUT2D eigenvalue weighted by atomic mass is 16.7. The van der Waals surface area contributed by atoms with Gasteiger partial charge in [-0.15, -0.1) is 0 Å². The molecule has 46 valence electrons. The molecule has 1 rings (SSSR count). The van der Waals surface area contributed by atoms with Crippen LogP contribution in [0, 0.1) is 6.82 Å². The molecule has 0 aromatic carbocycles. The zero-order valence-electron chi connectivity index (χ0n) is 5.66. The summed E-state index contributed by atoms with van der Waals surface area (Å²) in [5.41, 5.74) is 0. The minimum absolute atomic E-state index is 0.198. The van der Waals surface area contributed by atoms with Crippen molar-refractivity contribution in [2.75, 3.05) is 0 Å². The Hall–Kier alpha value is -0.0552. The Morgan fingerprint density at radius 3 is 1.78 bits per heavy atom. The number of hydrogen-bond donors (Lipinski definition) is 0. The summed E-state index contributed by atoms with van der Waals surface area (Å²) in [7, 11) is -0.781. The van der Waals surface area contributed by atoms with Gasteiger partial charge < -0.3 is 13.7 Å². The quantitative estimate of drug-likeness (QED) is 0.340. The Morgan fingerprint density at radius 2 is 1.44 bits per heavy atom. The summed E-state index contributed by atoms with van der Waals surface area (Å²) in [6, 6.07) is 0. The van der Waals surface area contributed by atoms with E-state index in [0.717, 1.165) is 0 Å². The van der Waals surface area contributed by atoms with Crippen molar-refractivity contribution in [3.63, 3.8) is 0 Å². The van der Waals surface area contributed by atoms with Gasteiger partial charge in [-0.1, -0.05) is 0 Å². The fourth-order valence-corrected chi connectivity index (χ4v) is 0.794. The van der Waals surface area contributed by atoms with Gasteiger partial charge >= 0.3 is 21.4 Å². The first-order valence-electron chi connectivity index (χ1n) is 2.98. The molecular weight excluding hydrogens is 116 g/mol. The third kappa shape index (κ3) is 1.97. The largest absolute Gasteiger partial charge is 0.688 e. The summed E-state index contributed by atoms with van der Waals surface area (Å²) in [6.45, 7) is 7.21. The molecule has 1 saturated heterocycles. The van der Waals surface area contributed by atoms with Crippen molar-refractivity contribution >= 4 is 21.4 Å². The van der Waals surface area contributed by atoms with Crippen LogP contribution in [0.4, 0.5) is 0 Å². The molecule has 0 aromatic heterocycles. The van der Waals surface area contributed by atoms with Crippen LogP contribution >= 0.6 is 0 Å². The van der Waals surface area contributed by atoms with E-state index in [9.17, 15) is 0 Å². The van der Waals surface area contributed by atoms with Crippen LogP contribution < -0.4 is 0 Å². The van der Waals surface area contributed by atoms with Crippen LogP contribution in [0.2, 0.25) is 13.6 Å². The predicted molar refractivity (Wildman–Crippen MR) is 37.6 cm³/mol. The zero-order chi connectivity index (χ0) is 6.85. The van der Waals surface area contributed by atoms with E-state index in [4.69, 9.17) is 13.7 Å². The Balaban J connectivity index is 2.34. The summed E-state index contributed by atoms with van der Waals surface area (Å²) in [4.78, 5) is 0. The molecule has 6 heteroatoms. The van der Waals surface area contributed by atoms with Crippen LogP contribution in [0.15, 0.2) is 0 Å². The van der Waals surface area contributed by atoms with Crippen LogP contribution in [0.1, 0.15) is 0 Å². The van der Waals surface area contributed by atoms with E-state index in [1.54, 1.807) is 0 Å². The molecule has 1 heterocycles. The molecule has 0 aliphatic carbocycles. The summed E-state index contributed by atoms with van der Waals surface area (Å²) in [6.07, 6.45) is 0. The van der Waals surface area contributed by atoms with Gasteiger partial charge in [-0.05, 0) is 13.6 Å². The van der Waals surface area contributed by atoms with Gasteiger partial charge in [0.25, 0.3) is 0 Å². The number of hydrogen-bond acceptors (Lipinski definition) is 3. The second-order valence-electron chi connectivity index (χ2n) is 1.97. The first kappa shape index (κ1) is 7.06. The lowest BCUT2D eigenvalue weighted by molar-refractivity contribution is 0.297. The molecule has 0 radical (unpaired) electrons. The second kappa shape index (κ2) is 2.69. The molecule has 0 bridgehead atoms. The molecule has 9 heavy (non-hydrogen) atoms. The van der Waals surface area contributed by atoms with E-state index >= 15 is 0 Å². The minimum atomic E-state index is -0.385. The second-order valence-corrected chi connectivity index (χ2v) is 1.97. The van der Waals surface area contributed by atoms with E-state index in [-0.39, 0.29) is 21.4 Å². The van der Waals surface area contributed by atoms with Gasteiger partial charge in [-0.25, -0.2) is 0 Å². The molecule has 1 aliphatic rings. The van der Waals surface area contributed by atoms with Crippen LogP contribution in [0.5, 0.6) is 0 Å². The molecule has 0 unspecified atom stereocenters. The Kier molecular flexibility index (Phi) is 2.11. The standard InChI is InChI=1S/C3H8B3O3/c1-4-7-5(2)9-6(3)8-4/h1H2,2-3H3/q+1. The summed E-state index contributed by atoms with van der Waals surface area (Å²) in [5, 5.41) is 0. The lowest BCUT2D eigenvalue weighted by atomic mass is 9.74. The van der Waals surface area contributed by atoms with Crippen LogP contribution in [0.25, 0.3) is 0 Å². The molecule has 0 N–H and O–H groups in total. The van der Waals surface area contributed by atoms with E-state index in [1.807, 2.05) is 13.6 Å². The van der Waals surface area contributed by atoms with Crippen molar-refractivity contribution in [1.29, 1.82) is 0 Å². The van der Waals surface area contributed by atoms with E-state index in [0.29, 0.717) is 0 Å².